The monoisotopic (exact) mass is 278 g/mol. The molecule has 1 atom stereocenters. The number of aryl methyl sites for hydroxylation is 2. The molecule has 5 nitrogen and oxygen atoms in total. The summed E-state index contributed by atoms with van der Waals surface area (Å²) in [6.07, 6.45) is 0. The number of methoxy groups -OCH3 is 1. The minimum absolute atomic E-state index is 0.218. The number of hydrogen-bond acceptors (Lipinski definition) is 4. The summed E-state index contributed by atoms with van der Waals surface area (Å²) in [6, 6.07) is 5.00. The Hall–Kier alpha value is -1.88. The lowest BCUT2D eigenvalue weighted by Crippen LogP contribution is -2.39. The molecule has 1 rings (SSSR count). The van der Waals surface area contributed by atoms with Crippen molar-refractivity contribution in [1.82, 2.24) is 10.2 Å². The van der Waals surface area contributed by atoms with Crippen LogP contribution in [-0.4, -0.2) is 44.5 Å². The van der Waals surface area contributed by atoms with Crippen LogP contribution in [0.2, 0.25) is 0 Å². The van der Waals surface area contributed by atoms with Gasteiger partial charge in [0.05, 0.1) is 13.7 Å². The molecule has 0 aromatic heterocycles. The van der Waals surface area contributed by atoms with Crippen LogP contribution < -0.4 is 5.32 Å². The molecule has 0 heterocycles. The Morgan fingerprint density at radius 1 is 1.20 bits per heavy atom. The standard InChI is InChI=1S/C15H22N2O3/c1-10-6-11(2)8-12(7-10)14(15(19)20-5)16-13(18)9-17(3)4/h6-8,14H,9H2,1-5H3,(H,16,18)/t14-/m1/s1. The number of likely N-dealkylation sites (N-methyl/N-ethyl adjacent to an activating group) is 1. The molecule has 0 saturated carbocycles. The van der Waals surface area contributed by atoms with Crippen LogP contribution in [-0.2, 0) is 14.3 Å². The highest BCUT2D eigenvalue weighted by Gasteiger charge is 2.24. The van der Waals surface area contributed by atoms with Gasteiger partial charge >= 0.3 is 5.97 Å². The Kier molecular flexibility index (Phi) is 5.70. The summed E-state index contributed by atoms with van der Waals surface area (Å²) < 4.78 is 4.79. The van der Waals surface area contributed by atoms with Gasteiger partial charge in [0.2, 0.25) is 5.91 Å². The van der Waals surface area contributed by atoms with E-state index in [0.29, 0.717) is 0 Å². The van der Waals surface area contributed by atoms with Crippen LogP contribution in [0.3, 0.4) is 0 Å². The zero-order valence-electron chi connectivity index (χ0n) is 12.7. The number of amides is 1. The number of nitrogens with one attached hydrogen (secondary N) is 1. The fraction of sp³-hybridized carbons (Fsp3) is 0.467. The number of nitrogens with zero attached hydrogens (tertiary/aromatic N) is 1. The minimum Gasteiger partial charge on any atom is -0.467 e. The first kappa shape index (κ1) is 16.2. The molecular weight excluding hydrogens is 256 g/mol. The Labute approximate surface area is 119 Å². The van der Waals surface area contributed by atoms with E-state index in [1.165, 1.54) is 7.11 Å². The highest BCUT2D eigenvalue weighted by atomic mass is 16.5. The van der Waals surface area contributed by atoms with E-state index in [4.69, 9.17) is 4.74 Å². The van der Waals surface area contributed by atoms with Crippen molar-refractivity contribution in [3.05, 3.63) is 34.9 Å². The molecule has 1 aromatic carbocycles. The summed E-state index contributed by atoms with van der Waals surface area (Å²) in [6.45, 7) is 4.12. The van der Waals surface area contributed by atoms with E-state index in [2.05, 4.69) is 5.32 Å². The van der Waals surface area contributed by atoms with Crippen LogP contribution in [0, 0.1) is 13.8 Å². The molecule has 5 heteroatoms. The Morgan fingerprint density at radius 2 is 1.75 bits per heavy atom. The Balaban J connectivity index is 3.00. The van der Waals surface area contributed by atoms with Gasteiger partial charge in [0.1, 0.15) is 0 Å². The van der Waals surface area contributed by atoms with Crippen molar-refractivity contribution < 1.29 is 14.3 Å². The molecule has 0 aliphatic heterocycles. The third kappa shape index (κ3) is 4.66. The van der Waals surface area contributed by atoms with Crippen molar-refractivity contribution in [2.45, 2.75) is 19.9 Å². The summed E-state index contributed by atoms with van der Waals surface area (Å²) in [5.74, 6) is -0.688. The van der Waals surface area contributed by atoms with Gasteiger partial charge in [0, 0.05) is 0 Å². The Morgan fingerprint density at radius 3 is 2.20 bits per heavy atom. The maximum absolute atomic E-state index is 11.9. The van der Waals surface area contributed by atoms with Crippen LogP contribution in [0.5, 0.6) is 0 Å². The van der Waals surface area contributed by atoms with Gasteiger partial charge in [-0.15, -0.1) is 0 Å². The van der Waals surface area contributed by atoms with Gasteiger partial charge in [0.15, 0.2) is 6.04 Å². The van der Waals surface area contributed by atoms with Crippen LogP contribution >= 0.6 is 0 Å². The highest BCUT2D eigenvalue weighted by molar-refractivity contribution is 5.86. The van der Waals surface area contributed by atoms with Gasteiger partial charge in [-0.1, -0.05) is 29.3 Å². The van der Waals surface area contributed by atoms with E-state index < -0.39 is 12.0 Å². The Bertz CT molecular complexity index is 478. The maximum atomic E-state index is 11.9. The predicted octanol–water partition coefficient (Wildman–Crippen LogP) is 1.20. The topological polar surface area (TPSA) is 58.6 Å². The molecule has 0 unspecified atom stereocenters. The second-order valence-corrected chi connectivity index (χ2v) is 5.18. The van der Waals surface area contributed by atoms with Gasteiger partial charge in [-0.2, -0.15) is 0 Å². The van der Waals surface area contributed by atoms with E-state index in [-0.39, 0.29) is 12.5 Å². The number of hydrogen-bond donors (Lipinski definition) is 1. The van der Waals surface area contributed by atoms with E-state index in [1.807, 2.05) is 32.0 Å². The molecule has 0 aliphatic rings. The van der Waals surface area contributed by atoms with Crippen molar-refractivity contribution in [1.29, 1.82) is 0 Å². The average Bonchev–Trinajstić information content (AvgIpc) is 2.32. The molecule has 0 aliphatic carbocycles. The number of benzene rings is 1. The largest absolute Gasteiger partial charge is 0.467 e. The molecule has 20 heavy (non-hydrogen) atoms. The third-order valence-corrected chi connectivity index (χ3v) is 2.78. The lowest BCUT2D eigenvalue weighted by molar-refractivity contribution is -0.145. The fourth-order valence-corrected chi connectivity index (χ4v) is 2.07. The molecule has 0 fully saturated rings. The average molecular weight is 278 g/mol. The van der Waals surface area contributed by atoms with Crippen LogP contribution in [0.4, 0.5) is 0 Å². The molecule has 110 valence electrons. The first-order chi connectivity index (χ1) is 9.33. The summed E-state index contributed by atoms with van der Waals surface area (Å²) >= 11 is 0. The number of rotatable bonds is 5. The lowest BCUT2D eigenvalue weighted by atomic mass is 10.0. The molecule has 0 spiro atoms. The molecule has 1 amide bonds. The van der Waals surface area contributed by atoms with Gasteiger partial charge < -0.3 is 15.0 Å². The number of carbonyl (C=O) groups excluding carboxylic acids is 2. The van der Waals surface area contributed by atoms with Crippen molar-refractivity contribution in [2.24, 2.45) is 0 Å². The molecular formula is C15H22N2O3. The van der Waals surface area contributed by atoms with Crippen LogP contribution in [0.1, 0.15) is 22.7 Å². The summed E-state index contributed by atoms with van der Waals surface area (Å²) in [7, 11) is 4.91. The van der Waals surface area contributed by atoms with Crippen molar-refractivity contribution >= 4 is 11.9 Å². The van der Waals surface area contributed by atoms with Crippen molar-refractivity contribution in [2.75, 3.05) is 27.7 Å². The van der Waals surface area contributed by atoms with E-state index in [1.54, 1.807) is 19.0 Å². The van der Waals surface area contributed by atoms with Gasteiger partial charge in [-0.3, -0.25) is 4.79 Å². The zero-order valence-corrected chi connectivity index (χ0v) is 12.7. The fourth-order valence-electron chi connectivity index (χ4n) is 2.07. The van der Waals surface area contributed by atoms with Gasteiger partial charge in [-0.05, 0) is 33.5 Å². The lowest BCUT2D eigenvalue weighted by Gasteiger charge is -2.19. The van der Waals surface area contributed by atoms with Crippen molar-refractivity contribution in [3.63, 3.8) is 0 Å². The summed E-state index contributed by atoms with van der Waals surface area (Å²) in [5, 5.41) is 2.71. The van der Waals surface area contributed by atoms with Crippen LogP contribution in [0.15, 0.2) is 18.2 Å². The summed E-state index contributed by atoms with van der Waals surface area (Å²) in [5.41, 5.74) is 2.81. The second-order valence-electron chi connectivity index (χ2n) is 5.18. The smallest absolute Gasteiger partial charge is 0.333 e. The van der Waals surface area contributed by atoms with Crippen molar-refractivity contribution in [3.8, 4) is 0 Å². The normalized spacial score (nSPS) is 12.1. The first-order valence-corrected chi connectivity index (χ1v) is 6.43. The van der Waals surface area contributed by atoms with Gasteiger partial charge in [0.25, 0.3) is 0 Å². The van der Waals surface area contributed by atoms with Gasteiger partial charge in [-0.25, -0.2) is 4.79 Å². The molecule has 0 saturated heterocycles. The quantitative estimate of drug-likeness (QED) is 0.822. The maximum Gasteiger partial charge on any atom is 0.333 e. The highest BCUT2D eigenvalue weighted by Crippen LogP contribution is 2.18. The minimum atomic E-state index is -0.772. The number of carbonyl (C=O) groups is 2. The molecule has 0 radical (unpaired) electrons. The third-order valence-electron chi connectivity index (χ3n) is 2.78. The van der Waals surface area contributed by atoms with E-state index >= 15 is 0 Å². The summed E-state index contributed by atoms with van der Waals surface area (Å²) in [4.78, 5) is 25.5. The molecule has 0 bridgehead atoms. The predicted molar refractivity (Wildman–Crippen MR) is 77.4 cm³/mol. The van der Waals surface area contributed by atoms with E-state index in [9.17, 15) is 9.59 Å². The molecule has 1 aromatic rings. The number of ether oxygens (including phenoxy) is 1. The second kappa shape index (κ2) is 7.05. The zero-order chi connectivity index (χ0) is 15.3. The van der Waals surface area contributed by atoms with Crippen LogP contribution in [0.25, 0.3) is 0 Å². The molecule has 1 N–H and O–H groups in total. The van der Waals surface area contributed by atoms with E-state index in [0.717, 1.165) is 16.7 Å². The first-order valence-electron chi connectivity index (χ1n) is 6.43. The number of esters is 1. The SMILES string of the molecule is COC(=O)[C@H](NC(=O)CN(C)C)c1cc(C)cc(C)c1.